The first-order valence-electron chi connectivity index (χ1n) is 8.56. The molecule has 0 aliphatic rings. The van der Waals surface area contributed by atoms with Gasteiger partial charge in [0.2, 0.25) is 0 Å². The van der Waals surface area contributed by atoms with Gasteiger partial charge >= 0.3 is 0 Å². The summed E-state index contributed by atoms with van der Waals surface area (Å²) < 4.78 is 6.54. The largest absolute Gasteiger partial charge is 0.488 e. The second kappa shape index (κ2) is 9.87. The number of nitrogens with zero attached hydrogens (tertiary/aromatic N) is 2. The van der Waals surface area contributed by atoms with Gasteiger partial charge < -0.3 is 4.74 Å². The number of ether oxygens (including phenoxy) is 1. The Kier molecular flexibility index (Phi) is 7.01. The van der Waals surface area contributed by atoms with Crippen molar-refractivity contribution in [3.8, 4) is 11.8 Å². The average Bonchev–Trinajstić information content (AvgIpc) is 2.73. The summed E-state index contributed by atoms with van der Waals surface area (Å²) >= 11 is 9.35. The van der Waals surface area contributed by atoms with Crippen molar-refractivity contribution in [2.24, 2.45) is 5.10 Å². The molecule has 0 unspecified atom stereocenters. The molecule has 0 radical (unpaired) electrons. The maximum Gasteiger partial charge on any atom is 0.271 e. The minimum absolute atomic E-state index is 0.283. The van der Waals surface area contributed by atoms with E-state index < -0.39 is 0 Å². The third kappa shape index (κ3) is 5.67. The lowest BCUT2D eigenvalue weighted by Gasteiger charge is -2.10. The van der Waals surface area contributed by atoms with Crippen molar-refractivity contribution in [2.75, 3.05) is 0 Å². The zero-order chi connectivity index (χ0) is 20.6. The van der Waals surface area contributed by atoms with Crippen LogP contribution in [-0.2, 0) is 6.61 Å². The SMILES string of the molecule is N#Cc1ccccc1COc1ccc(/C=N\NC(=O)c2cccc(Cl)c2)cc1Br. The Labute approximate surface area is 181 Å². The van der Waals surface area contributed by atoms with Crippen LogP contribution in [0.5, 0.6) is 5.75 Å². The molecule has 0 aliphatic heterocycles. The van der Waals surface area contributed by atoms with Crippen LogP contribution in [0.15, 0.2) is 76.3 Å². The summed E-state index contributed by atoms with van der Waals surface area (Å²) in [6.07, 6.45) is 1.53. The molecule has 1 amide bonds. The summed E-state index contributed by atoms with van der Waals surface area (Å²) in [6, 6.07) is 21.5. The summed E-state index contributed by atoms with van der Waals surface area (Å²) in [7, 11) is 0. The number of hydrazone groups is 1. The second-order valence-electron chi connectivity index (χ2n) is 5.96. The standard InChI is InChI=1S/C22H15BrClN3O2/c23-20-10-15(13-26-27-22(28)16-6-3-7-19(24)11-16)8-9-21(20)29-14-18-5-2-1-4-17(18)12-25/h1-11,13H,14H2,(H,27,28)/b26-13-. The molecule has 5 nitrogen and oxygen atoms in total. The summed E-state index contributed by atoms with van der Waals surface area (Å²) in [5.41, 5.74) is 5.06. The van der Waals surface area contributed by atoms with Gasteiger partial charge in [0.25, 0.3) is 5.91 Å². The molecule has 3 aromatic carbocycles. The van der Waals surface area contributed by atoms with Gasteiger partial charge in [0.05, 0.1) is 22.3 Å². The fourth-order valence-corrected chi connectivity index (χ4v) is 3.19. The Morgan fingerprint density at radius 3 is 2.76 bits per heavy atom. The van der Waals surface area contributed by atoms with E-state index in [1.807, 2.05) is 30.3 Å². The first-order valence-corrected chi connectivity index (χ1v) is 9.73. The van der Waals surface area contributed by atoms with Gasteiger partial charge in [0.15, 0.2) is 0 Å². The molecular formula is C22H15BrClN3O2. The Morgan fingerprint density at radius 1 is 1.17 bits per heavy atom. The molecule has 3 aromatic rings. The molecule has 0 aliphatic carbocycles. The highest BCUT2D eigenvalue weighted by Crippen LogP contribution is 2.26. The third-order valence-corrected chi connectivity index (χ3v) is 4.80. The van der Waals surface area contributed by atoms with Crippen molar-refractivity contribution in [1.29, 1.82) is 5.26 Å². The van der Waals surface area contributed by atoms with E-state index in [0.717, 1.165) is 15.6 Å². The lowest BCUT2D eigenvalue weighted by atomic mass is 10.1. The Bertz CT molecular complexity index is 1110. The van der Waals surface area contributed by atoms with Crippen LogP contribution in [0.1, 0.15) is 27.0 Å². The normalized spacial score (nSPS) is 10.5. The van der Waals surface area contributed by atoms with Crippen LogP contribution in [0, 0.1) is 11.3 Å². The van der Waals surface area contributed by atoms with Gasteiger partial charge in [-0.3, -0.25) is 4.79 Å². The third-order valence-electron chi connectivity index (χ3n) is 3.94. The Balaban J connectivity index is 1.61. The van der Waals surface area contributed by atoms with E-state index in [1.54, 1.807) is 36.4 Å². The number of carbonyl (C=O) groups excluding carboxylic acids is 1. The Morgan fingerprint density at radius 2 is 2.00 bits per heavy atom. The predicted molar refractivity (Wildman–Crippen MR) is 116 cm³/mol. The van der Waals surface area contributed by atoms with Crippen molar-refractivity contribution in [1.82, 2.24) is 5.43 Å². The first kappa shape index (κ1) is 20.6. The first-order chi connectivity index (χ1) is 14.1. The molecule has 0 fully saturated rings. The van der Waals surface area contributed by atoms with E-state index in [9.17, 15) is 4.79 Å². The van der Waals surface area contributed by atoms with E-state index in [-0.39, 0.29) is 12.5 Å². The highest BCUT2D eigenvalue weighted by Gasteiger charge is 2.06. The zero-order valence-corrected chi connectivity index (χ0v) is 17.4. The van der Waals surface area contributed by atoms with Gasteiger partial charge in [0, 0.05) is 16.1 Å². The number of carbonyl (C=O) groups is 1. The smallest absolute Gasteiger partial charge is 0.271 e. The topological polar surface area (TPSA) is 74.5 Å². The molecule has 0 saturated carbocycles. The molecule has 0 aromatic heterocycles. The summed E-state index contributed by atoms with van der Waals surface area (Å²) in [5.74, 6) is 0.289. The molecule has 1 N–H and O–H groups in total. The summed E-state index contributed by atoms with van der Waals surface area (Å²) in [6.45, 7) is 0.283. The molecule has 0 bridgehead atoms. The number of amides is 1. The number of halogens is 2. The molecule has 0 saturated heterocycles. The van der Waals surface area contributed by atoms with Gasteiger partial charge in [-0.15, -0.1) is 0 Å². The number of nitrogens with one attached hydrogen (secondary N) is 1. The maximum atomic E-state index is 12.0. The summed E-state index contributed by atoms with van der Waals surface area (Å²) in [5, 5.41) is 13.6. The van der Waals surface area contributed by atoms with Crippen LogP contribution in [0.25, 0.3) is 0 Å². The van der Waals surface area contributed by atoms with Gasteiger partial charge in [-0.1, -0.05) is 35.9 Å². The minimum Gasteiger partial charge on any atom is -0.488 e. The van der Waals surface area contributed by atoms with Gasteiger partial charge in [-0.05, 0) is 64.0 Å². The lowest BCUT2D eigenvalue weighted by Crippen LogP contribution is -2.17. The molecule has 0 atom stereocenters. The average molecular weight is 469 g/mol. The minimum atomic E-state index is -0.348. The number of nitriles is 1. The number of rotatable bonds is 6. The van der Waals surface area contributed by atoms with Gasteiger partial charge in [-0.25, -0.2) is 5.43 Å². The van der Waals surface area contributed by atoms with Crippen LogP contribution in [-0.4, -0.2) is 12.1 Å². The molecule has 0 heterocycles. The molecule has 3 rings (SSSR count). The zero-order valence-electron chi connectivity index (χ0n) is 15.1. The number of hydrogen-bond acceptors (Lipinski definition) is 4. The predicted octanol–water partition coefficient (Wildman–Crippen LogP) is 5.32. The molecule has 0 spiro atoms. The fourth-order valence-electron chi connectivity index (χ4n) is 2.48. The molecule has 29 heavy (non-hydrogen) atoms. The van der Waals surface area contributed by atoms with E-state index in [1.165, 1.54) is 6.21 Å². The van der Waals surface area contributed by atoms with Crippen molar-refractivity contribution in [3.05, 3.63) is 98.5 Å². The van der Waals surface area contributed by atoms with Gasteiger partial charge in [-0.2, -0.15) is 10.4 Å². The fraction of sp³-hybridized carbons (Fsp3) is 0.0455. The van der Waals surface area contributed by atoms with Crippen LogP contribution in [0.3, 0.4) is 0 Å². The van der Waals surface area contributed by atoms with E-state index in [0.29, 0.717) is 21.9 Å². The number of benzene rings is 3. The van der Waals surface area contributed by atoms with E-state index in [2.05, 4.69) is 32.5 Å². The molecule has 144 valence electrons. The highest BCUT2D eigenvalue weighted by atomic mass is 79.9. The maximum absolute atomic E-state index is 12.0. The van der Waals surface area contributed by atoms with Crippen molar-refractivity contribution >= 4 is 39.7 Å². The van der Waals surface area contributed by atoms with E-state index in [4.69, 9.17) is 21.6 Å². The quantitative estimate of drug-likeness (QED) is 0.393. The second-order valence-corrected chi connectivity index (χ2v) is 7.25. The highest BCUT2D eigenvalue weighted by molar-refractivity contribution is 9.10. The molecule has 7 heteroatoms. The van der Waals surface area contributed by atoms with Crippen molar-refractivity contribution in [2.45, 2.75) is 6.61 Å². The van der Waals surface area contributed by atoms with Crippen LogP contribution in [0.2, 0.25) is 5.02 Å². The lowest BCUT2D eigenvalue weighted by molar-refractivity contribution is 0.0955. The van der Waals surface area contributed by atoms with Crippen LogP contribution < -0.4 is 10.2 Å². The monoisotopic (exact) mass is 467 g/mol. The van der Waals surface area contributed by atoms with Crippen molar-refractivity contribution in [3.63, 3.8) is 0 Å². The van der Waals surface area contributed by atoms with E-state index >= 15 is 0 Å². The molecular weight excluding hydrogens is 454 g/mol. The van der Waals surface area contributed by atoms with Gasteiger partial charge in [0.1, 0.15) is 12.4 Å². The van der Waals surface area contributed by atoms with Crippen molar-refractivity contribution < 1.29 is 9.53 Å². The number of hydrogen-bond donors (Lipinski definition) is 1. The summed E-state index contributed by atoms with van der Waals surface area (Å²) in [4.78, 5) is 12.0. The van der Waals surface area contributed by atoms with Crippen LogP contribution in [0.4, 0.5) is 0 Å². The Hall–Kier alpha value is -3.14. The van der Waals surface area contributed by atoms with Crippen LogP contribution >= 0.6 is 27.5 Å².